The summed E-state index contributed by atoms with van der Waals surface area (Å²) < 4.78 is 6.08. The van der Waals surface area contributed by atoms with Gasteiger partial charge in [-0.2, -0.15) is 0 Å². The summed E-state index contributed by atoms with van der Waals surface area (Å²) in [7, 11) is 0. The maximum absolute atomic E-state index is 11.6. The van der Waals surface area contributed by atoms with E-state index in [-0.39, 0.29) is 6.10 Å². The predicted octanol–water partition coefficient (Wildman–Crippen LogP) is 4.77. The van der Waals surface area contributed by atoms with Gasteiger partial charge in [0.05, 0.1) is 11.4 Å². The first kappa shape index (κ1) is 20.2. The van der Waals surface area contributed by atoms with Crippen LogP contribution >= 0.6 is 0 Å². The van der Waals surface area contributed by atoms with E-state index in [1.807, 2.05) is 36.4 Å². The van der Waals surface area contributed by atoms with Crippen LogP contribution in [-0.2, 0) is 0 Å². The van der Waals surface area contributed by atoms with Crippen molar-refractivity contribution in [3.05, 3.63) is 73.1 Å². The summed E-state index contributed by atoms with van der Waals surface area (Å²) >= 11 is 0. The topological polar surface area (TPSA) is 69.1 Å². The molecular weight excluding hydrogens is 404 g/mol. The SMILES string of the molecule is O=C(O)N1CCN(c2ccc(N3CCC(Oc4ccncc4)CC3)cc2)c2ccccc21. The van der Waals surface area contributed by atoms with Crippen molar-refractivity contribution in [3.63, 3.8) is 0 Å². The second-order valence-corrected chi connectivity index (χ2v) is 8.08. The average molecular weight is 431 g/mol. The van der Waals surface area contributed by atoms with Crippen LogP contribution in [0.2, 0.25) is 0 Å². The number of benzene rings is 2. The van der Waals surface area contributed by atoms with E-state index in [0.717, 1.165) is 48.7 Å². The molecule has 0 radical (unpaired) electrons. The Kier molecular flexibility index (Phi) is 5.54. The third kappa shape index (κ3) is 4.06. The normalized spacial score (nSPS) is 16.6. The van der Waals surface area contributed by atoms with Crippen molar-refractivity contribution in [1.82, 2.24) is 4.98 Å². The number of ether oxygens (including phenoxy) is 1. The number of carbonyl (C=O) groups is 1. The number of piperidine rings is 1. The number of carboxylic acid groups (broad SMARTS) is 1. The highest BCUT2D eigenvalue weighted by Gasteiger charge is 2.27. The Labute approximate surface area is 187 Å². The third-order valence-electron chi connectivity index (χ3n) is 6.16. The smallest absolute Gasteiger partial charge is 0.411 e. The lowest BCUT2D eigenvalue weighted by molar-refractivity contribution is 0.171. The number of rotatable bonds is 4. The van der Waals surface area contributed by atoms with E-state index in [2.05, 4.69) is 39.0 Å². The van der Waals surface area contributed by atoms with Crippen molar-refractivity contribution < 1.29 is 14.6 Å². The van der Waals surface area contributed by atoms with E-state index >= 15 is 0 Å². The third-order valence-corrected chi connectivity index (χ3v) is 6.16. The van der Waals surface area contributed by atoms with Gasteiger partial charge in [0.1, 0.15) is 11.9 Å². The molecule has 0 unspecified atom stereocenters. The standard InChI is InChI=1S/C25H26N4O3/c30-25(31)29-18-17-28(23-3-1-2-4-24(23)29)20-7-5-19(6-8-20)27-15-11-22(12-16-27)32-21-9-13-26-14-10-21/h1-10,13-14,22H,11-12,15-18H2,(H,30,31). The maximum Gasteiger partial charge on any atom is 0.411 e. The van der Waals surface area contributed by atoms with Crippen LogP contribution in [-0.4, -0.2) is 48.5 Å². The summed E-state index contributed by atoms with van der Waals surface area (Å²) in [6.07, 6.45) is 4.79. The first-order valence-electron chi connectivity index (χ1n) is 11.0. The minimum atomic E-state index is -0.913. The Morgan fingerprint density at radius 1 is 0.844 bits per heavy atom. The summed E-state index contributed by atoms with van der Waals surface area (Å²) in [4.78, 5) is 21.6. The van der Waals surface area contributed by atoms with Crippen molar-refractivity contribution in [2.45, 2.75) is 18.9 Å². The zero-order chi connectivity index (χ0) is 21.9. The molecule has 1 saturated heterocycles. The second-order valence-electron chi connectivity index (χ2n) is 8.08. The Balaban J connectivity index is 1.25. The fourth-order valence-electron chi connectivity index (χ4n) is 4.51. The highest BCUT2D eigenvalue weighted by atomic mass is 16.5. The number of nitrogens with zero attached hydrogens (tertiary/aromatic N) is 4. The van der Waals surface area contributed by atoms with Gasteiger partial charge in [-0.3, -0.25) is 9.88 Å². The van der Waals surface area contributed by atoms with Crippen LogP contribution in [0.5, 0.6) is 5.75 Å². The molecule has 1 aromatic heterocycles. The van der Waals surface area contributed by atoms with Gasteiger partial charge < -0.3 is 19.6 Å². The lowest BCUT2D eigenvalue weighted by Crippen LogP contribution is -2.41. The van der Waals surface area contributed by atoms with Gasteiger partial charge in [-0.25, -0.2) is 4.79 Å². The fourth-order valence-corrected chi connectivity index (χ4v) is 4.51. The monoisotopic (exact) mass is 430 g/mol. The Bertz CT molecular complexity index is 1070. The molecule has 0 spiro atoms. The molecule has 1 N–H and O–H groups in total. The number of aromatic nitrogens is 1. The second kappa shape index (κ2) is 8.78. The van der Waals surface area contributed by atoms with Crippen LogP contribution in [0, 0.1) is 0 Å². The molecule has 32 heavy (non-hydrogen) atoms. The predicted molar refractivity (Wildman–Crippen MR) is 125 cm³/mol. The van der Waals surface area contributed by atoms with E-state index in [9.17, 15) is 9.90 Å². The Hall–Kier alpha value is -3.74. The van der Waals surface area contributed by atoms with E-state index in [1.165, 1.54) is 10.6 Å². The number of amides is 1. The summed E-state index contributed by atoms with van der Waals surface area (Å²) in [5.74, 6) is 0.881. The lowest BCUT2D eigenvalue weighted by atomic mass is 10.1. The van der Waals surface area contributed by atoms with Gasteiger partial charge in [0, 0.05) is 62.8 Å². The number of fused-ring (bicyclic) bond motifs is 1. The number of hydrogen-bond donors (Lipinski definition) is 1. The minimum absolute atomic E-state index is 0.231. The van der Waals surface area contributed by atoms with E-state index < -0.39 is 6.09 Å². The van der Waals surface area contributed by atoms with Crippen LogP contribution in [0.25, 0.3) is 0 Å². The molecule has 3 aromatic rings. The number of pyridine rings is 1. The zero-order valence-corrected chi connectivity index (χ0v) is 17.8. The quantitative estimate of drug-likeness (QED) is 0.643. The molecule has 0 bridgehead atoms. The molecule has 2 aliphatic heterocycles. The van der Waals surface area contributed by atoms with Crippen LogP contribution < -0.4 is 19.4 Å². The average Bonchev–Trinajstić information content (AvgIpc) is 2.84. The minimum Gasteiger partial charge on any atom is -0.490 e. The maximum atomic E-state index is 11.6. The first-order chi connectivity index (χ1) is 15.7. The van der Waals surface area contributed by atoms with E-state index in [4.69, 9.17) is 4.74 Å². The molecule has 2 aliphatic rings. The van der Waals surface area contributed by atoms with Gasteiger partial charge in [0.25, 0.3) is 0 Å². The first-order valence-corrected chi connectivity index (χ1v) is 11.0. The van der Waals surface area contributed by atoms with Gasteiger partial charge in [0.15, 0.2) is 0 Å². The summed E-state index contributed by atoms with van der Waals surface area (Å²) in [6, 6.07) is 20.0. The summed E-state index contributed by atoms with van der Waals surface area (Å²) in [5, 5.41) is 9.51. The molecule has 1 amide bonds. The van der Waals surface area contributed by atoms with Crippen LogP contribution in [0.3, 0.4) is 0 Å². The van der Waals surface area contributed by atoms with Crippen LogP contribution in [0.15, 0.2) is 73.1 Å². The van der Waals surface area contributed by atoms with Crippen LogP contribution in [0.4, 0.5) is 27.5 Å². The molecule has 7 heteroatoms. The summed E-state index contributed by atoms with van der Waals surface area (Å²) in [6.45, 7) is 2.98. The Morgan fingerprint density at radius 2 is 1.50 bits per heavy atom. The van der Waals surface area contributed by atoms with Gasteiger partial charge in [0.2, 0.25) is 0 Å². The van der Waals surface area contributed by atoms with Crippen molar-refractivity contribution in [1.29, 1.82) is 0 Å². The molecule has 0 aliphatic carbocycles. The van der Waals surface area contributed by atoms with Crippen LogP contribution in [0.1, 0.15) is 12.8 Å². The molecule has 7 nitrogen and oxygen atoms in total. The molecular formula is C25H26N4O3. The fraction of sp³-hybridized carbons (Fsp3) is 0.280. The van der Waals surface area contributed by atoms with E-state index in [0.29, 0.717) is 13.1 Å². The van der Waals surface area contributed by atoms with Crippen molar-refractivity contribution in [3.8, 4) is 5.75 Å². The molecule has 5 rings (SSSR count). The summed E-state index contributed by atoms with van der Waals surface area (Å²) in [5.41, 5.74) is 3.92. The van der Waals surface area contributed by atoms with Crippen molar-refractivity contribution in [2.75, 3.05) is 40.9 Å². The molecule has 164 valence electrons. The van der Waals surface area contributed by atoms with Gasteiger partial charge in [-0.1, -0.05) is 12.1 Å². The van der Waals surface area contributed by atoms with Gasteiger partial charge >= 0.3 is 6.09 Å². The van der Waals surface area contributed by atoms with Crippen molar-refractivity contribution >= 4 is 28.8 Å². The highest BCUT2D eigenvalue weighted by molar-refractivity contribution is 5.94. The number of para-hydroxylation sites is 2. The molecule has 1 fully saturated rings. The molecule has 3 heterocycles. The zero-order valence-electron chi connectivity index (χ0n) is 17.8. The number of hydrogen-bond acceptors (Lipinski definition) is 5. The van der Waals surface area contributed by atoms with E-state index in [1.54, 1.807) is 12.4 Å². The Morgan fingerprint density at radius 3 is 2.19 bits per heavy atom. The largest absolute Gasteiger partial charge is 0.490 e. The molecule has 2 aromatic carbocycles. The van der Waals surface area contributed by atoms with Crippen molar-refractivity contribution in [2.24, 2.45) is 0 Å². The molecule has 0 atom stereocenters. The van der Waals surface area contributed by atoms with Gasteiger partial charge in [-0.15, -0.1) is 0 Å². The van der Waals surface area contributed by atoms with Gasteiger partial charge in [-0.05, 0) is 48.5 Å². The number of anilines is 4. The highest BCUT2D eigenvalue weighted by Crippen LogP contribution is 2.38. The molecule has 0 saturated carbocycles. The lowest BCUT2D eigenvalue weighted by Gasteiger charge is -2.37.